The number of aromatic nitrogens is 5. The number of pyridine rings is 1. The number of carbonyl (C=O) groups excluding carboxylic acids is 1. The molecule has 2 aromatic heterocycles. The molecule has 0 spiro atoms. The maximum absolute atomic E-state index is 13.3. The molecule has 0 aliphatic carbocycles. The van der Waals surface area contributed by atoms with Gasteiger partial charge in [0.2, 0.25) is 11.7 Å². The van der Waals surface area contributed by atoms with Gasteiger partial charge in [-0.1, -0.05) is 41.9 Å². The lowest BCUT2D eigenvalue weighted by molar-refractivity contribution is -0.138. The van der Waals surface area contributed by atoms with Gasteiger partial charge in [0.15, 0.2) is 5.60 Å². The lowest BCUT2D eigenvalue weighted by Crippen LogP contribution is -2.51. The molecule has 2 unspecified atom stereocenters. The van der Waals surface area contributed by atoms with Crippen molar-refractivity contribution >= 4 is 17.5 Å². The molecule has 4 aromatic rings. The number of nitrogens with zero attached hydrogens (tertiary/aromatic N) is 4. The summed E-state index contributed by atoms with van der Waals surface area (Å²) in [7, 11) is 0. The summed E-state index contributed by atoms with van der Waals surface area (Å²) in [6, 6.07) is 16.7. The van der Waals surface area contributed by atoms with Gasteiger partial charge in [0.25, 0.3) is 5.91 Å². The number of H-pyrrole nitrogens is 1. The van der Waals surface area contributed by atoms with E-state index in [2.05, 4.69) is 30.9 Å². The fourth-order valence-electron chi connectivity index (χ4n) is 4.05. The second-order valence-corrected chi connectivity index (χ2v) is 9.99. The topological polar surface area (TPSA) is 106 Å². The fraction of sp³-hybridized carbons (Fsp3) is 0.296. The van der Waals surface area contributed by atoms with Crippen LogP contribution in [0.3, 0.4) is 0 Å². The Bertz CT molecular complexity index is 1390. The number of alkyl halides is 3. The van der Waals surface area contributed by atoms with Gasteiger partial charge in [-0.05, 0) is 67.8 Å². The summed E-state index contributed by atoms with van der Waals surface area (Å²) in [4.78, 5) is 17.0. The van der Waals surface area contributed by atoms with Crippen molar-refractivity contribution in [3.8, 4) is 17.3 Å². The number of benzene rings is 2. The molecule has 204 valence electrons. The molecule has 12 heteroatoms. The van der Waals surface area contributed by atoms with E-state index in [0.717, 1.165) is 28.8 Å². The van der Waals surface area contributed by atoms with Crippen molar-refractivity contribution in [1.29, 1.82) is 0 Å². The molecule has 0 aliphatic rings. The first-order valence-electron chi connectivity index (χ1n) is 12.0. The third-order valence-corrected chi connectivity index (χ3v) is 6.47. The van der Waals surface area contributed by atoms with Crippen molar-refractivity contribution in [1.82, 2.24) is 30.9 Å². The Kier molecular flexibility index (Phi) is 8.19. The number of rotatable bonds is 9. The standard InChI is InChI=1S/C27H26ClF3N6O2/c1-16(33-25(38)26(2,3)39-23-12-9-20(15-32-23)27(29,30)31)22(13-17-7-10-21(28)11-8-17)18-5-4-6-19(14-18)24-34-36-37-35-24/h4-12,14-16,22H,13H2,1-3H3,(H,33,38)(H,34,35,36,37). The average Bonchev–Trinajstić information content (AvgIpc) is 3.43. The normalized spacial score (nSPS) is 13.5. The number of tetrazole rings is 1. The summed E-state index contributed by atoms with van der Waals surface area (Å²) in [6.45, 7) is 4.94. The molecule has 0 bridgehead atoms. The van der Waals surface area contributed by atoms with E-state index >= 15 is 0 Å². The minimum absolute atomic E-state index is 0.0960. The van der Waals surface area contributed by atoms with Gasteiger partial charge < -0.3 is 10.1 Å². The molecule has 1 amide bonds. The average molecular weight is 559 g/mol. The third-order valence-electron chi connectivity index (χ3n) is 6.22. The predicted octanol–water partition coefficient (Wildman–Crippen LogP) is 5.62. The quantitative estimate of drug-likeness (QED) is 0.276. The Morgan fingerprint density at radius 1 is 1.10 bits per heavy atom. The van der Waals surface area contributed by atoms with Gasteiger partial charge in [-0.3, -0.25) is 4.79 Å². The zero-order valence-corrected chi connectivity index (χ0v) is 22.1. The molecular weight excluding hydrogens is 533 g/mol. The molecule has 2 atom stereocenters. The van der Waals surface area contributed by atoms with Crippen LogP contribution in [0.4, 0.5) is 13.2 Å². The van der Waals surface area contributed by atoms with Crippen LogP contribution in [0, 0.1) is 0 Å². The van der Waals surface area contributed by atoms with Gasteiger partial charge in [0.05, 0.1) is 5.56 Å². The van der Waals surface area contributed by atoms with E-state index in [0.29, 0.717) is 23.5 Å². The van der Waals surface area contributed by atoms with Gasteiger partial charge in [0.1, 0.15) is 0 Å². The first kappa shape index (κ1) is 28.0. The van der Waals surface area contributed by atoms with E-state index in [4.69, 9.17) is 16.3 Å². The number of ether oxygens (including phenoxy) is 1. The van der Waals surface area contributed by atoms with Crippen LogP contribution in [0.2, 0.25) is 5.02 Å². The van der Waals surface area contributed by atoms with Crippen molar-refractivity contribution in [2.45, 2.75) is 50.9 Å². The van der Waals surface area contributed by atoms with Crippen LogP contribution in [0.5, 0.6) is 5.88 Å². The molecule has 4 rings (SSSR count). The van der Waals surface area contributed by atoms with E-state index in [1.165, 1.54) is 13.8 Å². The van der Waals surface area contributed by atoms with Crippen LogP contribution in [-0.2, 0) is 17.4 Å². The highest BCUT2D eigenvalue weighted by atomic mass is 35.5. The van der Waals surface area contributed by atoms with Crippen LogP contribution in [0.1, 0.15) is 43.4 Å². The number of nitrogens with one attached hydrogen (secondary N) is 2. The fourth-order valence-corrected chi connectivity index (χ4v) is 4.17. The van der Waals surface area contributed by atoms with Crippen LogP contribution in [0.15, 0.2) is 66.9 Å². The molecule has 0 fully saturated rings. The lowest BCUT2D eigenvalue weighted by atomic mass is 9.85. The van der Waals surface area contributed by atoms with Gasteiger partial charge in [-0.15, -0.1) is 10.2 Å². The van der Waals surface area contributed by atoms with Crippen molar-refractivity contribution in [2.24, 2.45) is 0 Å². The Hall–Kier alpha value is -3.99. The van der Waals surface area contributed by atoms with Crippen molar-refractivity contribution in [3.05, 3.63) is 88.6 Å². The van der Waals surface area contributed by atoms with Crippen LogP contribution in [0.25, 0.3) is 11.4 Å². The summed E-state index contributed by atoms with van der Waals surface area (Å²) in [5, 5.41) is 17.8. The minimum atomic E-state index is -4.52. The number of hydrogen-bond acceptors (Lipinski definition) is 6. The summed E-state index contributed by atoms with van der Waals surface area (Å²) < 4.78 is 44.3. The highest BCUT2D eigenvalue weighted by molar-refractivity contribution is 6.30. The first-order chi connectivity index (χ1) is 18.4. The predicted molar refractivity (Wildman–Crippen MR) is 139 cm³/mol. The monoisotopic (exact) mass is 558 g/mol. The molecule has 8 nitrogen and oxygen atoms in total. The molecule has 2 heterocycles. The highest BCUT2D eigenvalue weighted by Crippen LogP contribution is 2.31. The van der Waals surface area contributed by atoms with Gasteiger partial charge in [0, 0.05) is 34.8 Å². The zero-order chi connectivity index (χ0) is 28.2. The van der Waals surface area contributed by atoms with Gasteiger partial charge >= 0.3 is 6.18 Å². The van der Waals surface area contributed by atoms with E-state index in [1.807, 2.05) is 43.3 Å². The summed E-state index contributed by atoms with van der Waals surface area (Å²) in [5.74, 6) is -0.284. The smallest absolute Gasteiger partial charge is 0.417 e. The Labute approximate surface area is 228 Å². The maximum Gasteiger partial charge on any atom is 0.417 e. The molecular formula is C27H26ClF3N6O2. The first-order valence-corrected chi connectivity index (χ1v) is 12.4. The van der Waals surface area contributed by atoms with Crippen molar-refractivity contribution in [2.75, 3.05) is 0 Å². The molecule has 0 aliphatic heterocycles. The minimum Gasteiger partial charge on any atom is -0.462 e. The van der Waals surface area contributed by atoms with Crippen LogP contribution >= 0.6 is 11.6 Å². The van der Waals surface area contributed by atoms with Crippen LogP contribution < -0.4 is 10.1 Å². The largest absolute Gasteiger partial charge is 0.462 e. The lowest BCUT2D eigenvalue weighted by Gasteiger charge is -2.31. The summed E-state index contributed by atoms with van der Waals surface area (Å²) in [6.07, 6.45) is -3.27. The van der Waals surface area contributed by atoms with Crippen molar-refractivity contribution < 1.29 is 22.7 Å². The van der Waals surface area contributed by atoms with Crippen LogP contribution in [-0.4, -0.2) is 43.2 Å². The van der Waals surface area contributed by atoms with Crippen molar-refractivity contribution in [3.63, 3.8) is 0 Å². The van der Waals surface area contributed by atoms with Gasteiger partial charge in [-0.2, -0.15) is 18.4 Å². The Morgan fingerprint density at radius 3 is 2.46 bits per heavy atom. The summed E-state index contributed by atoms with van der Waals surface area (Å²) in [5.41, 5.74) is 0.387. The van der Waals surface area contributed by atoms with E-state index < -0.39 is 23.2 Å². The molecule has 0 saturated carbocycles. The number of aromatic amines is 1. The number of amides is 1. The summed E-state index contributed by atoms with van der Waals surface area (Å²) >= 11 is 6.07. The van der Waals surface area contributed by atoms with Gasteiger partial charge in [-0.25, -0.2) is 4.98 Å². The molecule has 2 N–H and O–H groups in total. The molecule has 39 heavy (non-hydrogen) atoms. The molecule has 0 saturated heterocycles. The molecule has 2 aromatic carbocycles. The maximum atomic E-state index is 13.3. The SMILES string of the molecule is CC(NC(=O)C(C)(C)Oc1ccc(C(F)(F)F)cn1)C(Cc1ccc(Cl)cc1)c1cccc(-c2nn[nH]n2)c1. The van der Waals surface area contributed by atoms with E-state index in [1.54, 1.807) is 12.1 Å². The number of hydrogen-bond donors (Lipinski definition) is 2. The third kappa shape index (κ3) is 7.11. The van der Waals surface area contributed by atoms with E-state index in [-0.39, 0.29) is 17.8 Å². The number of halogens is 4. The highest BCUT2D eigenvalue weighted by Gasteiger charge is 2.34. The zero-order valence-electron chi connectivity index (χ0n) is 21.3. The second-order valence-electron chi connectivity index (χ2n) is 9.56. The Balaban J connectivity index is 1.55. The van der Waals surface area contributed by atoms with E-state index in [9.17, 15) is 18.0 Å². The number of carbonyl (C=O) groups is 1. The second kappa shape index (κ2) is 11.4. The Morgan fingerprint density at radius 2 is 1.85 bits per heavy atom. The molecule has 0 radical (unpaired) electrons.